The van der Waals surface area contributed by atoms with E-state index in [4.69, 9.17) is 15.2 Å². The first-order valence-corrected chi connectivity index (χ1v) is 10.2. The molecule has 1 atom stereocenters. The van der Waals surface area contributed by atoms with E-state index in [9.17, 15) is 19.6 Å². The zero-order chi connectivity index (χ0) is 23.7. The van der Waals surface area contributed by atoms with E-state index in [-0.39, 0.29) is 34.9 Å². The van der Waals surface area contributed by atoms with E-state index in [1.807, 2.05) is 0 Å². The molecule has 2 aliphatic rings. The summed E-state index contributed by atoms with van der Waals surface area (Å²) in [6.07, 6.45) is 0.604. The van der Waals surface area contributed by atoms with Crippen molar-refractivity contribution in [3.8, 4) is 6.07 Å². The number of rotatable bonds is 4. The molecule has 1 heterocycles. The number of hydrogen-bond donors (Lipinski definition) is 1. The van der Waals surface area contributed by atoms with Gasteiger partial charge in [0.1, 0.15) is 17.3 Å². The number of carbonyl (C=O) groups excluding carboxylic acids is 3. The van der Waals surface area contributed by atoms with Crippen LogP contribution in [0.5, 0.6) is 0 Å². The number of esters is 2. The molecule has 1 unspecified atom stereocenters. The van der Waals surface area contributed by atoms with Crippen molar-refractivity contribution < 1.29 is 23.9 Å². The van der Waals surface area contributed by atoms with Gasteiger partial charge < -0.3 is 15.2 Å². The Labute approximate surface area is 190 Å². The number of hydrogen-bond acceptors (Lipinski definition) is 8. The third-order valence-electron chi connectivity index (χ3n) is 5.83. The number of anilines is 1. The molecule has 1 aliphatic carbocycles. The summed E-state index contributed by atoms with van der Waals surface area (Å²) in [4.78, 5) is 39.3. The Morgan fingerprint density at radius 2 is 1.70 bits per heavy atom. The number of fused-ring (bicyclic) bond motifs is 1. The van der Waals surface area contributed by atoms with Crippen LogP contribution in [0.15, 0.2) is 71.2 Å². The van der Waals surface area contributed by atoms with Crippen LogP contribution in [0.4, 0.5) is 5.69 Å². The van der Waals surface area contributed by atoms with Gasteiger partial charge in [0.2, 0.25) is 0 Å². The minimum atomic E-state index is -0.926. The van der Waals surface area contributed by atoms with Crippen molar-refractivity contribution in [3.05, 3.63) is 87.9 Å². The average molecular weight is 443 g/mol. The molecule has 0 bridgehead atoms. The van der Waals surface area contributed by atoms with E-state index < -0.39 is 17.9 Å². The minimum absolute atomic E-state index is 0.0105. The predicted molar refractivity (Wildman–Crippen MR) is 118 cm³/mol. The van der Waals surface area contributed by atoms with Gasteiger partial charge in [-0.05, 0) is 28.8 Å². The number of nitriles is 1. The highest BCUT2D eigenvalue weighted by Crippen LogP contribution is 2.43. The van der Waals surface area contributed by atoms with Crippen molar-refractivity contribution in [2.24, 2.45) is 5.73 Å². The topological polar surface area (TPSA) is 123 Å². The lowest BCUT2D eigenvalue weighted by molar-refractivity contribution is -0.139. The summed E-state index contributed by atoms with van der Waals surface area (Å²) in [5, 5.41) is 10.1. The van der Waals surface area contributed by atoms with Crippen molar-refractivity contribution >= 4 is 23.4 Å². The predicted octanol–water partition coefficient (Wildman–Crippen LogP) is 2.25. The van der Waals surface area contributed by atoms with Gasteiger partial charge >= 0.3 is 11.9 Å². The quantitative estimate of drug-likeness (QED) is 0.714. The van der Waals surface area contributed by atoms with Crippen LogP contribution in [0.3, 0.4) is 0 Å². The van der Waals surface area contributed by atoms with Crippen LogP contribution in [0.1, 0.15) is 22.6 Å². The summed E-state index contributed by atoms with van der Waals surface area (Å²) < 4.78 is 10.0. The number of benzene rings is 2. The van der Waals surface area contributed by atoms with Gasteiger partial charge in [0.05, 0.1) is 37.4 Å². The maximum atomic E-state index is 13.0. The first-order chi connectivity index (χ1) is 15.9. The van der Waals surface area contributed by atoms with Gasteiger partial charge in [-0.25, -0.2) is 9.59 Å². The van der Waals surface area contributed by atoms with Crippen LogP contribution in [0.2, 0.25) is 0 Å². The SMILES string of the molecule is COC(=O)C1=C(C(=O)OC)N(c2ccc3c(c2)CC(=O)C3)C(N)=C(C#N)C1c1ccccc1. The lowest BCUT2D eigenvalue weighted by Gasteiger charge is -2.36. The molecular weight excluding hydrogens is 422 g/mol. The van der Waals surface area contributed by atoms with Crippen molar-refractivity contribution in [3.63, 3.8) is 0 Å². The summed E-state index contributed by atoms with van der Waals surface area (Å²) in [6, 6.07) is 16.1. The minimum Gasteiger partial charge on any atom is -0.466 e. The number of allylic oxidation sites excluding steroid dienone is 1. The molecule has 0 saturated heterocycles. The molecule has 0 saturated carbocycles. The third kappa shape index (κ3) is 3.64. The van der Waals surface area contributed by atoms with Gasteiger partial charge in [-0.3, -0.25) is 9.69 Å². The standard InChI is InChI=1S/C25H21N3O5/c1-32-24(30)21-20(14-6-4-3-5-7-14)19(13-26)23(27)28(22(21)25(31)33-2)17-9-8-15-11-18(29)12-16(15)10-17/h3-10,20H,11-12,27H2,1-2H3. The second-order valence-corrected chi connectivity index (χ2v) is 7.68. The number of ketones is 1. The second-order valence-electron chi connectivity index (χ2n) is 7.68. The first kappa shape index (κ1) is 21.8. The monoisotopic (exact) mass is 443 g/mol. The lowest BCUT2D eigenvalue weighted by Crippen LogP contribution is -2.40. The van der Waals surface area contributed by atoms with E-state index in [1.54, 1.807) is 48.5 Å². The van der Waals surface area contributed by atoms with Crippen LogP contribution in [0, 0.1) is 11.3 Å². The molecular formula is C25H21N3O5. The zero-order valence-corrected chi connectivity index (χ0v) is 18.1. The average Bonchev–Trinajstić information content (AvgIpc) is 3.21. The number of ether oxygens (including phenoxy) is 2. The largest absolute Gasteiger partial charge is 0.466 e. The van der Waals surface area contributed by atoms with Crippen LogP contribution in [-0.2, 0) is 36.7 Å². The van der Waals surface area contributed by atoms with Gasteiger partial charge in [0, 0.05) is 18.5 Å². The van der Waals surface area contributed by atoms with Crippen molar-refractivity contribution in [1.29, 1.82) is 5.26 Å². The second kappa shape index (κ2) is 8.63. The van der Waals surface area contributed by atoms with Crippen molar-refractivity contribution in [1.82, 2.24) is 0 Å². The van der Waals surface area contributed by atoms with Gasteiger partial charge in [0.15, 0.2) is 0 Å². The summed E-state index contributed by atoms with van der Waals surface area (Å²) in [7, 11) is 2.40. The number of carbonyl (C=O) groups is 3. The number of nitrogens with zero attached hydrogens (tertiary/aromatic N) is 2. The molecule has 0 spiro atoms. The highest BCUT2D eigenvalue weighted by atomic mass is 16.5. The molecule has 2 N–H and O–H groups in total. The van der Waals surface area contributed by atoms with Crippen LogP contribution >= 0.6 is 0 Å². The van der Waals surface area contributed by atoms with Crippen LogP contribution < -0.4 is 10.6 Å². The third-order valence-corrected chi connectivity index (χ3v) is 5.83. The number of Topliss-reactive ketones (excluding diaryl/α,β-unsaturated/α-hetero) is 1. The molecule has 2 aromatic rings. The molecule has 33 heavy (non-hydrogen) atoms. The lowest BCUT2D eigenvalue weighted by atomic mass is 9.81. The fraction of sp³-hybridized carbons (Fsp3) is 0.200. The first-order valence-electron chi connectivity index (χ1n) is 10.2. The Morgan fingerprint density at radius 3 is 2.33 bits per heavy atom. The Morgan fingerprint density at radius 1 is 1.03 bits per heavy atom. The molecule has 0 aromatic heterocycles. The smallest absolute Gasteiger partial charge is 0.355 e. The van der Waals surface area contributed by atoms with Gasteiger partial charge in [-0.2, -0.15) is 5.26 Å². The summed E-state index contributed by atoms with van der Waals surface area (Å²) in [5.74, 6) is -2.45. The van der Waals surface area contributed by atoms with E-state index in [0.29, 0.717) is 17.7 Å². The Bertz CT molecular complexity index is 1270. The molecule has 8 nitrogen and oxygen atoms in total. The Hall–Kier alpha value is -4.38. The van der Waals surface area contributed by atoms with Crippen molar-refractivity contribution in [2.75, 3.05) is 19.1 Å². The Balaban J connectivity index is 2.02. The van der Waals surface area contributed by atoms with E-state index in [2.05, 4.69) is 6.07 Å². The molecule has 0 amide bonds. The summed E-state index contributed by atoms with van der Waals surface area (Å²) in [5.41, 5.74) is 9.09. The molecule has 166 valence electrons. The van der Waals surface area contributed by atoms with E-state index in [1.165, 1.54) is 19.1 Å². The fourth-order valence-electron chi connectivity index (χ4n) is 4.36. The highest BCUT2D eigenvalue weighted by molar-refractivity contribution is 6.06. The molecule has 1 aliphatic heterocycles. The van der Waals surface area contributed by atoms with Crippen molar-refractivity contribution in [2.45, 2.75) is 18.8 Å². The van der Waals surface area contributed by atoms with Gasteiger partial charge in [-0.15, -0.1) is 0 Å². The maximum absolute atomic E-state index is 13.0. The summed E-state index contributed by atoms with van der Waals surface area (Å²) >= 11 is 0. The molecule has 4 rings (SSSR count). The van der Waals surface area contributed by atoms with Gasteiger partial charge in [-0.1, -0.05) is 36.4 Å². The maximum Gasteiger partial charge on any atom is 0.355 e. The van der Waals surface area contributed by atoms with E-state index in [0.717, 1.165) is 11.1 Å². The molecule has 2 aromatic carbocycles. The molecule has 0 radical (unpaired) electrons. The highest BCUT2D eigenvalue weighted by Gasteiger charge is 2.43. The molecule has 8 heteroatoms. The van der Waals surface area contributed by atoms with Gasteiger partial charge in [0.25, 0.3) is 0 Å². The zero-order valence-electron chi connectivity index (χ0n) is 18.1. The fourth-order valence-corrected chi connectivity index (χ4v) is 4.36. The summed E-state index contributed by atoms with van der Waals surface area (Å²) in [6.45, 7) is 0. The van der Waals surface area contributed by atoms with Crippen LogP contribution in [-0.4, -0.2) is 31.9 Å². The number of nitrogens with two attached hydrogens (primary N) is 1. The van der Waals surface area contributed by atoms with E-state index >= 15 is 0 Å². The normalized spacial score (nSPS) is 17.5. The molecule has 0 fully saturated rings. The Kier molecular flexibility index (Phi) is 5.71. The van der Waals surface area contributed by atoms with Crippen LogP contribution in [0.25, 0.3) is 0 Å². The number of methoxy groups -OCH3 is 2.